The molecular formula is C23H27N5O2. The van der Waals surface area contributed by atoms with Gasteiger partial charge in [0.25, 0.3) is 5.91 Å². The van der Waals surface area contributed by atoms with Crippen molar-refractivity contribution in [3.63, 3.8) is 0 Å². The van der Waals surface area contributed by atoms with E-state index in [-0.39, 0.29) is 12.5 Å². The number of benzene rings is 1. The molecule has 156 valence electrons. The molecule has 0 saturated carbocycles. The summed E-state index contributed by atoms with van der Waals surface area (Å²) in [5.74, 6) is -0.310. The standard InChI is InChI=1S/C23H27N5O2/c1-5-8-18-10-12-19(13-11-18)22(29)27(6-2)23(30)26(4)21-16-28(25-17(21)3)20-9-7-14-24-15-20/h7,9-16H,5-6,8H2,1-4H3. The molecule has 2 heterocycles. The van der Waals surface area contributed by atoms with E-state index in [9.17, 15) is 9.59 Å². The highest BCUT2D eigenvalue weighted by molar-refractivity contribution is 6.08. The van der Waals surface area contributed by atoms with Crippen molar-refractivity contribution in [3.8, 4) is 5.69 Å². The third kappa shape index (κ3) is 4.40. The van der Waals surface area contributed by atoms with E-state index >= 15 is 0 Å². The number of nitrogens with zero attached hydrogens (tertiary/aromatic N) is 5. The fraction of sp³-hybridized carbons (Fsp3) is 0.304. The number of rotatable bonds is 6. The molecule has 0 aliphatic carbocycles. The van der Waals surface area contributed by atoms with Gasteiger partial charge < -0.3 is 0 Å². The lowest BCUT2D eigenvalue weighted by atomic mass is 10.1. The number of aryl methyl sites for hydroxylation is 2. The summed E-state index contributed by atoms with van der Waals surface area (Å²) in [7, 11) is 1.65. The van der Waals surface area contributed by atoms with Crippen LogP contribution in [0.2, 0.25) is 0 Å². The van der Waals surface area contributed by atoms with E-state index < -0.39 is 6.03 Å². The van der Waals surface area contributed by atoms with Gasteiger partial charge in [-0.3, -0.25) is 19.6 Å². The van der Waals surface area contributed by atoms with Crippen LogP contribution in [0.15, 0.2) is 55.0 Å². The SMILES string of the molecule is CCCc1ccc(C(=O)N(CC)C(=O)N(C)c2cn(-c3cccnc3)nc2C)cc1. The van der Waals surface area contributed by atoms with E-state index in [0.29, 0.717) is 16.9 Å². The van der Waals surface area contributed by atoms with Gasteiger partial charge in [-0.1, -0.05) is 25.5 Å². The zero-order chi connectivity index (χ0) is 21.7. The first kappa shape index (κ1) is 21.2. The number of hydrogen-bond acceptors (Lipinski definition) is 4. The van der Waals surface area contributed by atoms with Crippen LogP contribution in [0.5, 0.6) is 0 Å². The van der Waals surface area contributed by atoms with Crippen LogP contribution in [0.3, 0.4) is 0 Å². The molecule has 30 heavy (non-hydrogen) atoms. The van der Waals surface area contributed by atoms with Crippen molar-refractivity contribution in [2.45, 2.75) is 33.6 Å². The van der Waals surface area contributed by atoms with Gasteiger partial charge in [0.1, 0.15) is 0 Å². The molecule has 0 bridgehead atoms. The summed E-state index contributed by atoms with van der Waals surface area (Å²) in [6.07, 6.45) is 7.16. The lowest BCUT2D eigenvalue weighted by Gasteiger charge is -2.25. The summed E-state index contributed by atoms with van der Waals surface area (Å²) < 4.78 is 1.67. The maximum atomic E-state index is 13.1. The summed E-state index contributed by atoms with van der Waals surface area (Å²) in [6, 6.07) is 10.8. The number of carbonyl (C=O) groups excluding carboxylic acids is 2. The van der Waals surface area contributed by atoms with Gasteiger partial charge in [0.2, 0.25) is 0 Å². The van der Waals surface area contributed by atoms with Crippen LogP contribution in [0.4, 0.5) is 10.5 Å². The molecule has 0 N–H and O–H groups in total. The molecule has 7 nitrogen and oxygen atoms in total. The summed E-state index contributed by atoms with van der Waals surface area (Å²) in [4.78, 5) is 32.9. The van der Waals surface area contributed by atoms with Gasteiger partial charge in [0, 0.05) is 25.4 Å². The molecule has 0 atom stereocenters. The predicted molar refractivity (Wildman–Crippen MR) is 117 cm³/mol. The molecule has 0 aliphatic rings. The monoisotopic (exact) mass is 405 g/mol. The predicted octanol–water partition coefficient (Wildman–Crippen LogP) is 4.25. The summed E-state index contributed by atoms with van der Waals surface area (Å²) in [5.41, 5.74) is 3.79. The number of amides is 3. The average Bonchev–Trinajstić information content (AvgIpc) is 3.16. The number of hydrogen-bond donors (Lipinski definition) is 0. The molecule has 3 rings (SSSR count). The number of aromatic nitrogens is 3. The summed E-state index contributed by atoms with van der Waals surface area (Å²) >= 11 is 0. The highest BCUT2D eigenvalue weighted by Gasteiger charge is 2.27. The van der Waals surface area contributed by atoms with Crippen molar-refractivity contribution < 1.29 is 9.59 Å². The molecule has 2 aromatic heterocycles. The molecule has 0 fully saturated rings. The van der Waals surface area contributed by atoms with E-state index in [2.05, 4.69) is 17.0 Å². The smallest absolute Gasteiger partial charge is 0.294 e. The maximum absolute atomic E-state index is 13.1. The molecule has 3 amide bonds. The lowest BCUT2D eigenvalue weighted by Crippen LogP contribution is -2.44. The van der Waals surface area contributed by atoms with Crippen molar-refractivity contribution >= 4 is 17.6 Å². The highest BCUT2D eigenvalue weighted by atomic mass is 16.2. The second-order valence-electron chi connectivity index (χ2n) is 7.09. The molecule has 3 aromatic rings. The first-order chi connectivity index (χ1) is 14.5. The average molecular weight is 406 g/mol. The van der Waals surface area contributed by atoms with E-state index in [0.717, 1.165) is 18.5 Å². The fourth-order valence-electron chi connectivity index (χ4n) is 3.31. The van der Waals surface area contributed by atoms with Crippen molar-refractivity contribution in [3.05, 3.63) is 71.8 Å². The third-order valence-corrected chi connectivity index (χ3v) is 4.96. The Labute approximate surface area is 176 Å². The molecule has 0 aliphatic heterocycles. The van der Waals surface area contributed by atoms with Crippen molar-refractivity contribution in [1.29, 1.82) is 0 Å². The van der Waals surface area contributed by atoms with Gasteiger partial charge >= 0.3 is 6.03 Å². The second-order valence-corrected chi connectivity index (χ2v) is 7.09. The van der Waals surface area contributed by atoms with E-state index in [1.807, 2.05) is 31.2 Å². The summed E-state index contributed by atoms with van der Waals surface area (Å²) in [6.45, 7) is 6.01. The second kappa shape index (κ2) is 9.35. The largest absolute Gasteiger partial charge is 0.331 e. The van der Waals surface area contributed by atoms with Crippen LogP contribution in [-0.2, 0) is 6.42 Å². The van der Waals surface area contributed by atoms with Gasteiger partial charge in [-0.25, -0.2) is 9.48 Å². The lowest BCUT2D eigenvalue weighted by molar-refractivity contribution is 0.0813. The van der Waals surface area contributed by atoms with Gasteiger partial charge in [-0.2, -0.15) is 5.10 Å². The minimum Gasteiger partial charge on any atom is -0.294 e. The number of urea groups is 1. The van der Waals surface area contributed by atoms with Crippen molar-refractivity contribution in [2.24, 2.45) is 0 Å². The van der Waals surface area contributed by atoms with Crippen molar-refractivity contribution in [2.75, 3.05) is 18.5 Å². The van der Waals surface area contributed by atoms with Gasteiger partial charge in [0.15, 0.2) is 0 Å². The topological polar surface area (TPSA) is 71.3 Å². The zero-order valence-corrected chi connectivity index (χ0v) is 17.9. The Bertz CT molecular complexity index is 1010. The Balaban J connectivity index is 1.81. The third-order valence-electron chi connectivity index (χ3n) is 4.96. The molecule has 0 saturated heterocycles. The van der Waals surface area contributed by atoms with Crippen LogP contribution in [-0.4, -0.2) is 45.2 Å². The van der Waals surface area contributed by atoms with Gasteiger partial charge in [-0.15, -0.1) is 0 Å². The van der Waals surface area contributed by atoms with Crippen LogP contribution in [0, 0.1) is 6.92 Å². The van der Waals surface area contributed by atoms with Gasteiger partial charge in [0.05, 0.1) is 29.5 Å². The minimum atomic E-state index is -0.394. The fourth-order valence-corrected chi connectivity index (χ4v) is 3.31. The first-order valence-corrected chi connectivity index (χ1v) is 10.1. The van der Waals surface area contributed by atoms with E-state index in [1.54, 1.807) is 49.4 Å². The Hall–Kier alpha value is -3.48. The number of pyridine rings is 1. The maximum Gasteiger partial charge on any atom is 0.331 e. The zero-order valence-electron chi connectivity index (χ0n) is 17.9. The van der Waals surface area contributed by atoms with Crippen LogP contribution < -0.4 is 4.90 Å². The molecule has 7 heteroatoms. The minimum absolute atomic E-state index is 0.272. The number of carbonyl (C=O) groups is 2. The Morgan fingerprint density at radius 1 is 1.10 bits per heavy atom. The summed E-state index contributed by atoms with van der Waals surface area (Å²) in [5, 5.41) is 4.48. The van der Waals surface area contributed by atoms with Crippen LogP contribution in [0.1, 0.15) is 41.9 Å². The Morgan fingerprint density at radius 3 is 2.43 bits per heavy atom. The van der Waals surface area contributed by atoms with Crippen LogP contribution >= 0.6 is 0 Å². The Morgan fingerprint density at radius 2 is 1.83 bits per heavy atom. The molecule has 0 unspecified atom stereocenters. The number of anilines is 1. The highest BCUT2D eigenvalue weighted by Crippen LogP contribution is 2.21. The molecular weight excluding hydrogens is 378 g/mol. The van der Waals surface area contributed by atoms with Crippen LogP contribution in [0.25, 0.3) is 5.69 Å². The molecule has 0 spiro atoms. The van der Waals surface area contributed by atoms with E-state index in [4.69, 9.17) is 0 Å². The van der Waals surface area contributed by atoms with Crippen molar-refractivity contribution in [1.82, 2.24) is 19.7 Å². The Kier molecular flexibility index (Phi) is 6.61. The molecule has 1 aromatic carbocycles. The normalized spacial score (nSPS) is 10.7. The van der Waals surface area contributed by atoms with E-state index in [1.165, 1.54) is 15.4 Å². The number of imide groups is 1. The first-order valence-electron chi connectivity index (χ1n) is 10.1. The van der Waals surface area contributed by atoms with Gasteiger partial charge in [-0.05, 0) is 50.1 Å². The quantitative estimate of drug-likeness (QED) is 0.615. The molecule has 0 radical (unpaired) electrons.